The number of hydrogen-bond acceptors (Lipinski definition) is 2. The van der Waals surface area contributed by atoms with Gasteiger partial charge in [-0.15, -0.1) is 0 Å². The molecule has 0 bridgehead atoms. The number of fused-ring (bicyclic) bond motifs is 1. The molecule has 2 aliphatic rings. The van der Waals surface area contributed by atoms with Gasteiger partial charge in [0.1, 0.15) is 11.4 Å². The molecular formula is C21H21ClFNO. The van der Waals surface area contributed by atoms with Gasteiger partial charge in [0.05, 0.1) is 0 Å². The molecule has 4 rings (SSSR count). The molecule has 1 N–H and O–H groups in total. The molecule has 25 heavy (non-hydrogen) atoms. The summed E-state index contributed by atoms with van der Waals surface area (Å²) in [5.41, 5.74) is 3.07. The van der Waals surface area contributed by atoms with E-state index in [9.17, 15) is 9.50 Å². The van der Waals surface area contributed by atoms with Gasteiger partial charge < -0.3 is 10.0 Å². The lowest BCUT2D eigenvalue weighted by Gasteiger charge is -2.33. The summed E-state index contributed by atoms with van der Waals surface area (Å²) in [6.45, 7) is 1.78. The lowest BCUT2D eigenvalue weighted by Crippen LogP contribution is -2.33. The summed E-state index contributed by atoms with van der Waals surface area (Å²) in [6, 6.07) is 12.3. The van der Waals surface area contributed by atoms with Crippen LogP contribution in [0.3, 0.4) is 0 Å². The average Bonchev–Trinajstić information content (AvgIpc) is 2.90. The van der Waals surface area contributed by atoms with Crippen LogP contribution in [0.15, 0.2) is 54.1 Å². The van der Waals surface area contributed by atoms with Gasteiger partial charge in [-0.3, -0.25) is 0 Å². The standard InChI is InChI=1S/C21H21ClFNO/c1-24-10-8-15(9-11-24)21(25)13-19(14-2-5-17(23)6-3-14)18-7-4-16(22)12-20(18)21/h2-8,12,19,25H,9-11,13H2,1H3. The molecular weight excluding hydrogens is 337 g/mol. The predicted octanol–water partition coefficient (Wildman–Crippen LogP) is 4.46. The molecule has 0 aromatic heterocycles. The Balaban J connectivity index is 1.80. The van der Waals surface area contributed by atoms with Crippen molar-refractivity contribution >= 4 is 11.6 Å². The summed E-state index contributed by atoms with van der Waals surface area (Å²) in [6.07, 6.45) is 3.56. The normalized spacial score (nSPS) is 26.4. The highest BCUT2D eigenvalue weighted by Crippen LogP contribution is 2.52. The Morgan fingerprint density at radius 2 is 1.96 bits per heavy atom. The van der Waals surface area contributed by atoms with Crippen LogP contribution in [0.4, 0.5) is 4.39 Å². The molecule has 1 aliphatic carbocycles. The summed E-state index contributed by atoms with van der Waals surface area (Å²) in [5, 5.41) is 12.3. The van der Waals surface area contributed by atoms with Crippen molar-refractivity contribution in [2.24, 2.45) is 0 Å². The molecule has 2 atom stereocenters. The van der Waals surface area contributed by atoms with Crippen LogP contribution >= 0.6 is 11.6 Å². The smallest absolute Gasteiger partial charge is 0.123 e. The van der Waals surface area contributed by atoms with Gasteiger partial charge in [0.25, 0.3) is 0 Å². The van der Waals surface area contributed by atoms with Gasteiger partial charge in [0.2, 0.25) is 0 Å². The molecule has 0 saturated heterocycles. The summed E-state index contributed by atoms with van der Waals surface area (Å²) in [5.74, 6) is -0.204. The third-order valence-electron chi connectivity index (χ3n) is 5.55. The Hall–Kier alpha value is -1.68. The van der Waals surface area contributed by atoms with E-state index in [4.69, 9.17) is 11.6 Å². The van der Waals surface area contributed by atoms with Crippen molar-refractivity contribution in [2.45, 2.75) is 24.4 Å². The predicted molar refractivity (Wildman–Crippen MR) is 98.4 cm³/mol. The molecule has 2 aromatic rings. The third-order valence-corrected chi connectivity index (χ3v) is 5.79. The van der Waals surface area contributed by atoms with Crippen molar-refractivity contribution in [3.63, 3.8) is 0 Å². The molecule has 1 heterocycles. The monoisotopic (exact) mass is 357 g/mol. The zero-order valence-corrected chi connectivity index (χ0v) is 14.9. The molecule has 0 amide bonds. The van der Waals surface area contributed by atoms with Crippen molar-refractivity contribution in [3.05, 3.63) is 81.6 Å². The van der Waals surface area contributed by atoms with Crippen LogP contribution in [0.1, 0.15) is 35.4 Å². The molecule has 4 heteroatoms. The molecule has 1 aliphatic heterocycles. The Bertz CT molecular complexity index is 832. The third kappa shape index (κ3) is 2.91. The Morgan fingerprint density at radius 3 is 2.64 bits per heavy atom. The molecule has 2 nitrogen and oxygen atoms in total. The number of likely N-dealkylation sites (N-methyl/N-ethyl adjacent to an activating group) is 1. The topological polar surface area (TPSA) is 23.5 Å². The van der Waals surface area contributed by atoms with Gasteiger partial charge in [-0.05, 0) is 66.4 Å². The number of hydrogen-bond donors (Lipinski definition) is 1. The number of rotatable bonds is 2. The van der Waals surface area contributed by atoms with Crippen LogP contribution in [0.25, 0.3) is 0 Å². The van der Waals surface area contributed by atoms with E-state index in [-0.39, 0.29) is 11.7 Å². The molecule has 0 radical (unpaired) electrons. The van der Waals surface area contributed by atoms with Gasteiger partial charge in [-0.2, -0.15) is 0 Å². The Kier molecular flexibility index (Phi) is 4.19. The van der Waals surface area contributed by atoms with E-state index in [0.717, 1.165) is 41.8 Å². The first-order valence-corrected chi connectivity index (χ1v) is 9.01. The van der Waals surface area contributed by atoms with Crippen LogP contribution in [-0.2, 0) is 5.60 Å². The molecule has 0 spiro atoms. The van der Waals surface area contributed by atoms with Crippen LogP contribution in [0.2, 0.25) is 5.02 Å². The quantitative estimate of drug-likeness (QED) is 0.802. The molecule has 0 fully saturated rings. The zero-order chi connectivity index (χ0) is 17.6. The SMILES string of the molecule is CN1CC=C(C2(O)CC(c3ccc(F)cc3)c3ccc(Cl)cc32)CC1. The van der Waals surface area contributed by atoms with Gasteiger partial charge in [0, 0.05) is 24.0 Å². The minimum Gasteiger partial charge on any atom is -0.381 e. The lowest BCUT2D eigenvalue weighted by atomic mass is 9.83. The van der Waals surface area contributed by atoms with Crippen molar-refractivity contribution in [3.8, 4) is 0 Å². The van der Waals surface area contributed by atoms with E-state index < -0.39 is 5.60 Å². The second-order valence-corrected chi connectivity index (χ2v) is 7.58. The Morgan fingerprint density at radius 1 is 1.20 bits per heavy atom. The second kappa shape index (κ2) is 6.24. The fourth-order valence-electron chi connectivity index (χ4n) is 4.15. The highest BCUT2D eigenvalue weighted by atomic mass is 35.5. The second-order valence-electron chi connectivity index (χ2n) is 7.14. The summed E-state index contributed by atoms with van der Waals surface area (Å²) < 4.78 is 13.3. The van der Waals surface area contributed by atoms with E-state index >= 15 is 0 Å². The van der Waals surface area contributed by atoms with Crippen molar-refractivity contribution in [2.75, 3.05) is 20.1 Å². The van der Waals surface area contributed by atoms with Crippen LogP contribution in [0, 0.1) is 5.82 Å². The fraction of sp³-hybridized carbons (Fsp3) is 0.333. The number of aliphatic hydroxyl groups is 1. The summed E-state index contributed by atoms with van der Waals surface area (Å²) >= 11 is 6.24. The van der Waals surface area contributed by atoms with Gasteiger partial charge in [0.15, 0.2) is 0 Å². The van der Waals surface area contributed by atoms with Gasteiger partial charge in [-0.25, -0.2) is 4.39 Å². The molecule has 0 saturated carbocycles. The van der Waals surface area contributed by atoms with E-state index in [0.29, 0.717) is 11.4 Å². The molecule has 130 valence electrons. The lowest BCUT2D eigenvalue weighted by molar-refractivity contribution is 0.0671. The first kappa shape index (κ1) is 16.8. The maximum absolute atomic E-state index is 13.3. The largest absolute Gasteiger partial charge is 0.381 e. The fourth-order valence-corrected chi connectivity index (χ4v) is 4.32. The van der Waals surface area contributed by atoms with E-state index in [2.05, 4.69) is 18.0 Å². The molecule has 2 aromatic carbocycles. The molecule has 2 unspecified atom stereocenters. The highest BCUT2D eigenvalue weighted by Gasteiger charge is 2.45. The minimum atomic E-state index is -0.999. The average molecular weight is 358 g/mol. The van der Waals surface area contributed by atoms with E-state index in [1.807, 2.05) is 30.3 Å². The zero-order valence-electron chi connectivity index (χ0n) is 14.2. The maximum Gasteiger partial charge on any atom is 0.123 e. The van der Waals surface area contributed by atoms with Crippen LogP contribution < -0.4 is 0 Å². The first-order valence-electron chi connectivity index (χ1n) is 8.63. The van der Waals surface area contributed by atoms with Crippen molar-refractivity contribution in [1.82, 2.24) is 4.90 Å². The van der Waals surface area contributed by atoms with Gasteiger partial charge >= 0.3 is 0 Å². The van der Waals surface area contributed by atoms with Crippen molar-refractivity contribution < 1.29 is 9.50 Å². The highest BCUT2D eigenvalue weighted by molar-refractivity contribution is 6.30. The number of benzene rings is 2. The van der Waals surface area contributed by atoms with E-state index in [1.165, 1.54) is 12.1 Å². The van der Waals surface area contributed by atoms with Crippen LogP contribution in [-0.4, -0.2) is 30.1 Å². The first-order chi connectivity index (χ1) is 12.0. The van der Waals surface area contributed by atoms with Crippen molar-refractivity contribution in [1.29, 1.82) is 0 Å². The number of nitrogens with zero attached hydrogens (tertiary/aromatic N) is 1. The Labute approximate surface area is 152 Å². The summed E-state index contributed by atoms with van der Waals surface area (Å²) in [4.78, 5) is 2.23. The summed E-state index contributed by atoms with van der Waals surface area (Å²) in [7, 11) is 2.08. The van der Waals surface area contributed by atoms with Gasteiger partial charge in [-0.1, -0.05) is 35.9 Å². The number of halogens is 2. The van der Waals surface area contributed by atoms with Crippen LogP contribution in [0.5, 0.6) is 0 Å². The maximum atomic E-state index is 13.3. The van der Waals surface area contributed by atoms with E-state index in [1.54, 1.807) is 0 Å². The minimum absolute atomic E-state index is 0.0402.